The number of amides is 1. The molecule has 0 aromatic carbocycles. The standard InChI is InChI=1S/C24H20F3N9O/c1-14-10-35(23(37)18-4-5-29-12-31-18)15(2)9-34(14)21-20-17(24(25,26)27)11-36(22(20)33-13-32-21)19-7-16(8-28)3-6-30-19/h3-7,11-15H,9-10H2,1-2H3/t14-,15+/m0/s1. The summed E-state index contributed by atoms with van der Waals surface area (Å²) in [6.45, 7) is 4.14. The third kappa shape index (κ3) is 4.31. The molecule has 2 atom stereocenters. The molecule has 0 aliphatic carbocycles. The maximum absolute atomic E-state index is 14.2. The van der Waals surface area contributed by atoms with E-state index < -0.39 is 11.7 Å². The second-order valence-corrected chi connectivity index (χ2v) is 8.72. The second-order valence-electron chi connectivity index (χ2n) is 8.72. The molecule has 1 aliphatic heterocycles. The Morgan fingerprint density at radius 2 is 1.86 bits per heavy atom. The summed E-state index contributed by atoms with van der Waals surface area (Å²) in [6.07, 6.45) is 1.56. The van der Waals surface area contributed by atoms with Gasteiger partial charge in [-0.1, -0.05) is 0 Å². The van der Waals surface area contributed by atoms with Crippen LogP contribution in [0.25, 0.3) is 16.9 Å². The van der Waals surface area contributed by atoms with Crippen LogP contribution in [-0.4, -0.2) is 65.5 Å². The molecule has 0 spiro atoms. The van der Waals surface area contributed by atoms with Crippen molar-refractivity contribution >= 4 is 22.8 Å². The van der Waals surface area contributed by atoms with Crippen molar-refractivity contribution in [3.8, 4) is 11.9 Å². The maximum Gasteiger partial charge on any atom is 0.418 e. The number of carbonyl (C=O) groups excluding carboxylic acids is 1. The van der Waals surface area contributed by atoms with E-state index in [0.717, 1.165) is 6.20 Å². The van der Waals surface area contributed by atoms with E-state index in [1.54, 1.807) is 9.80 Å². The summed E-state index contributed by atoms with van der Waals surface area (Å²) in [6, 6.07) is 5.65. The van der Waals surface area contributed by atoms with Gasteiger partial charge in [0.2, 0.25) is 0 Å². The zero-order valence-corrected chi connectivity index (χ0v) is 19.8. The van der Waals surface area contributed by atoms with Crippen LogP contribution in [0.1, 0.15) is 35.5 Å². The van der Waals surface area contributed by atoms with E-state index in [4.69, 9.17) is 0 Å². The van der Waals surface area contributed by atoms with Crippen molar-refractivity contribution in [1.82, 2.24) is 34.4 Å². The average Bonchev–Trinajstić information content (AvgIpc) is 3.31. The van der Waals surface area contributed by atoms with Crippen molar-refractivity contribution in [2.75, 3.05) is 18.0 Å². The minimum Gasteiger partial charge on any atom is -0.349 e. The third-order valence-corrected chi connectivity index (χ3v) is 6.31. The summed E-state index contributed by atoms with van der Waals surface area (Å²) in [4.78, 5) is 36.8. The summed E-state index contributed by atoms with van der Waals surface area (Å²) < 4.78 is 43.9. The van der Waals surface area contributed by atoms with Crippen molar-refractivity contribution in [3.63, 3.8) is 0 Å². The van der Waals surface area contributed by atoms with Crippen LogP contribution in [0.4, 0.5) is 19.0 Å². The molecule has 0 radical (unpaired) electrons. The number of anilines is 1. The lowest BCUT2D eigenvalue weighted by molar-refractivity contribution is -0.136. The average molecular weight is 507 g/mol. The van der Waals surface area contributed by atoms with E-state index in [1.165, 1.54) is 47.8 Å². The predicted molar refractivity (Wildman–Crippen MR) is 126 cm³/mol. The molecule has 0 N–H and O–H groups in total. The number of hydrogen-bond donors (Lipinski definition) is 0. The van der Waals surface area contributed by atoms with Crippen molar-refractivity contribution in [2.45, 2.75) is 32.1 Å². The first-order valence-electron chi connectivity index (χ1n) is 11.3. The third-order valence-electron chi connectivity index (χ3n) is 6.31. The molecule has 0 unspecified atom stereocenters. The Kier molecular flexibility index (Phi) is 5.94. The van der Waals surface area contributed by atoms with Gasteiger partial charge in [-0.3, -0.25) is 9.36 Å². The molecule has 1 saturated heterocycles. The number of nitriles is 1. The van der Waals surface area contributed by atoms with Gasteiger partial charge in [0.1, 0.15) is 30.0 Å². The highest BCUT2D eigenvalue weighted by Gasteiger charge is 2.40. The predicted octanol–water partition coefficient (Wildman–Crippen LogP) is 3.24. The number of hydrogen-bond acceptors (Lipinski definition) is 8. The van der Waals surface area contributed by atoms with Gasteiger partial charge >= 0.3 is 6.18 Å². The van der Waals surface area contributed by atoms with Crippen LogP contribution < -0.4 is 4.90 Å². The summed E-state index contributed by atoms with van der Waals surface area (Å²) in [5, 5.41) is 9.05. The highest BCUT2D eigenvalue weighted by atomic mass is 19.4. The Morgan fingerprint density at radius 3 is 2.57 bits per heavy atom. The summed E-state index contributed by atoms with van der Waals surface area (Å²) in [7, 11) is 0. The number of pyridine rings is 1. The van der Waals surface area contributed by atoms with E-state index >= 15 is 0 Å². The molecule has 0 bridgehead atoms. The van der Waals surface area contributed by atoms with E-state index in [-0.39, 0.29) is 65.0 Å². The Bertz CT molecular complexity index is 1510. The lowest BCUT2D eigenvalue weighted by Gasteiger charge is -2.44. The maximum atomic E-state index is 14.2. The first-order chi connectivity index (χ1) is 17.7. The van der Waals surface area contributed by atoms with Gasteiger partial charge in [0.05, 0.1) is 22.6 Å². The molecule has 1 fully saturated rings. The molecule has 13 heteroatoms. The fourth-order valence-corrected chi connectivity index (χ4v) is 4.54. The van der Waals surface area contributed by atoms with Gasteiger partial charge in [-0.15, -0.1) is 0 Å². The zero-order chi connectivity index (χ0) is 26.3. The molecule has 5 heterocycles. The Balaban J connectivity index is 1.58. The van der Waals surface area contributed by atoms with Gasteiger partial charge in [-0.25, -0.2) is 24.9 Å². The van der Waals surface area contributed by atoms with Gasteiger partial charge in [-0.05, 0) is 32.0 Å². The highest BCUT2D eigenvalue weighted by Crippen LogP contribution is 2.41. The topological polar surface area (TPSA) is 117 Å². The van der Waals surface area contributed by atoms with Crippen molar-refractivity contribution in [1.29, 1.82) is 5.26 Å². The van der Waals surface area contributed by atoms with Crippen LogP contribution in [0.15, 0.2) is 49.4 Å². The first-order valence-corrected chi connectivity index (χ1v) is 11.3. The number of nitrogens with zero attached hydrogens (tertiary/aromatic N) is 9. The molecular weight excluding hydrogens is 487 g/mol. The van der Waals surface area contributed by atoms with Crippen LogP contribution in [0.3, 0.4) is 0 Å². The fourth-order valence-electron chi connectivity index (χ4n) is 4.54. The van der Waals surface area contributed by atoms with Crippen LogP contribution >= 0.6 is 0 Å². The van der Waals surface area contributed by atoms with Gasteiger partial charge < -0.3 is 9.80 Å². The van der Waals surface area contributed by atoms with Crippen LogP contribution in [-0.2, 0) is 6.18 Å². The fraction of sp³-hybridized carbons (Fsp3) is 0.292. The first kappa shape index (κ1) is 24.1. The molecule has 37 heavy (non-hydrogen) atoms. The molecule has 188 valence electrons. The van der Waals surface area contributed by atoms with Crippen LogP contribution in [0.2, 0.25) is 0 Å². The largest absolute Gasteiger partial charge is 0.418 e. The number of fused-ring (bicyclic) bond motifs is 1. The molecule has 4 aromatic rings. The SMILES string of the molecule is C[C@@H]1CN(c2ncnc3c2c(C(F)(F)F)cn3-c2cc(C#N)ccn2)[C@@H](C)CN1C(=O)c1ccncn1. The number of halogens is 3. The number of carbonyl (C=O) groups is 1. The van der Waals surface area contributed by atoms with E-state index in [9.17, 15) is 23.2 Å². The highest BCUT2D eigenvalue weighted by molar-refractivity contribution is 5.94. The number of piperazine rings is 1. The molecule has 4 aromatic heterocycles. The Morgan fingerprint density at radius 1 is 1.05 bits per heavy atom. The van der Waals surface area contributed by atoms with Crippen molar-refractivity contribution in [2.24, 2.45) is 0 Å². The molecule has 0 saturated carbocycles. The Hall–Kier alpha value is -4.60. The Labute approximate surface area is 209 Å². The quantitative estimate of drug-likeness (QED) is 0.415. The lowest BCUT2D eigenvalue weighted by Crippen LogP contribution is -2.58. The van der Waals surface area contributed by atoms with E-state index in [2.05, 4.69) is 24.9 Å². The van der Waals surface area contributed by atoms with E-state index in [1.807, 2.05) is 19.9 Å². The summed E-state index contributed by atoms with van der Waals surface area (Å²) in [5.41, 5.74) is -0.405. The number of aromatic nitrogens is 6. The summed E-state index contributed by atoms with van der Waals surface area (Å²) in [5.74, 6) is -0.0355. The smallest absolute Gasteiger partial charge is 0.349 e. The normalized spacial score (nSPS) is 18.2. The monoisotopic (exact) mass is 507 g/mol. The van der Waals surface area contributed by atoms with Crippen molar-refractivity contribution in [3.05, 3.63) is 66.3 Å². The van der Waals surface area contributed by atoms with Gasteiger partial charge in [-0.2, -0.15) is 18.4 Å². The van der Waals surface area contributed by atoms with Gasteiger partial charge in [0, 0.05) is 43.8 Å². The minimum absolute atomic E-state index is 0.0132. The lowest BCUT2D eigenvalue weighted by atomic mass is 10.1. The molecule has 10 nitrogen and oxygen atoms in total. The summed E-state index contributed by atoms with van der Waals surface area (Å²) >= 11 is 0. The molecule has 5 rings (SSSR count). The van der Waals surface area contributed by atoms with Crippen molar-refractivity contribution < 1.29 is 18.0 Å². The number of alkyl halides is 3. The van der Waals surface area contributed by atoms with E-state index in [0.29, 0.717) is 0 Å². The van der Waals surface area contributed by atoms with Crippen LogP contribution in [0, 0.1) is 11.3 Å². The van der Waals surface area contributed by atoms with Crippen LogP contribution in [0.5, 0.6) is 0 Å². The van der Waals surface area contributed by atoms with Gasteiger partial charge in [0.25, 0.3) is 5.91 Å². The number of rotatable bonds is 3. The second kappa shape index (κ2) is 9.12. The zero-order valence-electron chi connectivity index (χ0n) is 19.8. The van der Waals surface area contributed by atoms with Gasteiger partial charge in [0.15, 0.2) is 5.65 Å². The minimum atomic E-state index is -4.70. The molecular formula is C24H20F3N9O. The molecule has 1 amide bonds. The molecule has 1 aliphatic rings.